The summed E-state index contributed by atoms with van der Waals surface area (Å²) < 4.78 is 4.91. The molecule has 146 valence electrons. The zero-order chi connectivity index (χ0) is 19.7. The Morgan fingerprint density at radius 1 is 1.32 bits per heavy atom. The minimum absolute atomic E-state index is 0.0238. The molecule has 0 aliphatic carbocycles. The number of piperazine rings is 1. The van der Waals surface area contributed by atoms with E-state index in [-0.39, 0.29) is 23.9 Å². The van der Waals surface area contributed by atoms with Gasteiger partial charge in [-0.25, -0.2) is 4.98 Å². The molecule has 1 saturated heterocycles. The molecule has 0 atom stereocenters. The Morgan fingerprint density at radius 2 is 2.11 bits per heavy atom. The highest BCUT2D eigenvalue weighted by molar-refractivity contribution is 7.18. The molecule has 0 bridgehead atoms. The summed E-state index contributed by atoms with van der Waals surface area (Å²) in [5.41, 5.74) is 7.37. The third-order valence-corrected chi connectivity index (χ3v) is 6.23. The molecule has 1 aromatic carbocycles. The fourth-order valence-electron chi connectivity index (χ4n) is 3.08. The van der Waals surface area contributed by atoms with Gasteiger partial charge < -0.3 is 20.0 Å². The van der Waals surface area contributed by atoms with Gasteiger partial charge in [-0.3, -0.25) is 4.79 Å². The molecule has 0 radical (unpaired) electrons. The highest BCUT2D eigenvalue weighted by Crippen LogP contribution is 2.33. The molecule has 7 nitrogen and oxygen atoms in total. The number of carbonyl (C=O) groups excluding carboxylic acids is 1. The summed E-state index contributed by atoms with van der Waals surface area (Å²) in [4.78, 5) is 26.6. The van der Waals surface area contributed by atoms with E-state index in [1.165, 1.54) is 6.26 Å². The minimum atomic E-state index is -0.193. The standard InChI is InChI=1S/C19H20ClN5O2S/c1-24-4-6-25(7-5-24)19-22-10-17(28-19)12-2-3-14(20)13(8-12)9-16(26)15-11-27-18(21)23-15/h2-3,8,10-11H,4-7,9H2,1H3,(H2,21,23). The maximum Gasteiger partial charge on any atom is 0.292 e. The predicted molar refractivity (Wildman–Crippen MR) is 111 cm³/mol. The molecular weight excluding hydrogens is 398 g/mol. The number of anilines is 2. The van der Waals surface area contributed by atoms with Gasteiger partial charge in [-0.1, -0.05) is 29.0 Å². The maximum absolute atomic E-state index is 12.4. The van der Waals surface area contributed by atoms with Gasteiger partial charge in [-0.05, 0) is 30.3 Å². The number of nitrogens with zero attached hydrogens (tertiary/aromatic N) is 4. The average Bonchev–Trinajstić information content (AvgIpc) is 3.33. The van der Waals surface area contributed by atoms with Crippen LogP contribution in [0.5, 0.6) is 0 Å². The number of ketones is 1. The SMILES string of the molecule is CN1CCN(c2ncc(-c3ccc(Cl)c(CC(=O)c4coc(N)n4)c3)s2)CC1. The van der Waals surface area contributed by atoms with Crippen LogP contribution in [0.3, 0.4) is 0 Å². The summed E-state index contributed by atoms with van der Waals surface area (Å²) >= 11 is 7.97. The first-order chi connectivity index (χ1) is 13.5. The lowest BCUT2D eigenvalue weighted by Gasteiger charge is -2.32. The lowest BCUT2D eigenvalue weighted by atomic mass is 10.0. The molecule has 3 heterocycles. The molecule has 9 heteroatoms. The molecule has 0 unspecified atom stereocenters. The third-order valence-electron chi connectivity index (χ3n) is 4.76. The van der Waals surface area contributed by atoms with E-state index in [0.29, 0.717) is 5.02 Å². The number of Topliss-reactive ketones (excluding diaryl/α,β-unsaturated/α-hetero) is 1. The number of nitrogens with two attached hydrogens (primary N) is 1. The molecule has 1 aliphatic heterocycles. The average molecular weight is 418 g/mol. The first-order valence-corrected chi connectivity index (χ1v) is 10.1. The van der Waals surface area contributed by atoms with Crippen LogP contribution in [0, 0.1) is 0 Å². The van der Waals surface area contributed by atoms with Crippen LogP contribution >= 0.6 is 22.9 Å². The van der Waals surface area contributed by atoms with Crippen molar-refractivity contribution in [1.82, 2.24) is 14.9 Å². The number of hydrogen-bond donors (Lipinski definition) is 1. The molecule has 0 saturated carbocycles. The Hall–Kier alpha value is -2.42. The Bertz CT molecular complexity index is 994. The van der Waals surface area contributed by atoms with E-state index < -0.39 is 0 Å². The van der Waals surface area contributed by atoms with Crippen LogP contribution in [0.1, 0.15) is 16.1 Å². The van der Waals surface area contributed by atoms with Crippen LogP contribution in [0.25, 0.3) is 10.4 Å². The quantitative estimate of drug-likeness (QED) is 0.637. The maximum atomic E-state index is 12.4. The highest BCUT2D eigenvalue weighted by Gasteiger charge is 2.18. The van der Waals surface area contributed by atoms with Crippen molar-refractivity contribution < 1.29 is 9.21 Å². The zero-order valence-electron chi connectivity index (χ0n) is 15.4. The van der Waals surface area contributed by atoms with E-state index in [1.54, 1.807) is 11.3 Å². The van der Waals surface area contributed by atoms with Crippen molar-refractivity contribution in [2.24, 2.45) is 0 Å². The monoisotopic (exact) mass is 417 g/mol. The number of likely N-dealkylation sites (N-methyl/N-ethyl adjacent to an activating group) is 1. The Balaban J connectivity index is 1.53. The second-order valence-corrected chi connectivity index (χ2v) is 8.19. The first kappa shape index (κ1) is 18.9. The molecule has 1 fully saturated rings. The lowest BCUT2D eigenvalue weighted by Crippen LogP contribution is -2.44. The molecule has 2 aromatic heterocycles. The topological polar surface area (TPSA) is 88.5 Å². The minimum Gasteiger partial charge on any atom is -0.432 e. The van der Waals surface area contributed by atoms with Gasteiger partial charge in [0.1, 0.15) is 12.0 Å². The molecular formula is C19H20ClN5O2S. The number of halogens is 1. The molecule has 3 aromatic rings. The van der Waals surface area contributed by atoms with E-state index in [1.807, 2.05) is 24.4 Å². The summed E-state index contributed by atoms with van der Waals surface area (Å²) in [5, 5.41) is 1.56. The second-order valence-electron chi connectivity index (χ2n) is 6.77. The number of carbonyl (C=O) groups is 1. The number of nitrogen functional groups attached to an aromatic ring is 1. The van der Waals surface area contributed by atoms with E-state index in [9.17, 15) is 4.79 Å². The van der Waals surface area contributed by atoms with Crippen molar-refractivity contribution in [3.05, 3.63) is 46.9 Å². The van der Waals surface area contributed by atoms with Gasteiger partial charge in [0.15, 0.2) is 10.9 Å². The number of oxazole rings is 1. The van der Waals surface area contributed by atoms with E-state index in [0.717, 1.165) is 47.3 Å². The van der Waals surface area contributed by atoms with Crippen LogP contribution in [-0.2, 0) is 6.42 Å². The lowest BCUT2D eigenvalue weighted by molar-refractivity contribution is 0.0988. The third kappa shape index (κ3) is 4.04. The van der Waals surface area contributed by atoms with Gasteiger partial charge in [0.25, 0.3) is 6.01 Å². The highest BCUT2D eigenvalue weighted by atomic mass is 35.5. The largest absolute Gasteiger partial charge is 0.432 e. The Morgan fingerprint density at radius 3 is 2.82 bits per heavy atom. The van der Waals surface area contributed by atoms with Crippen LogP contribution < -0.4 is 10.6 Å². The molecule has 1 aliphatic rings. The fraction of sp³-hybridized carbons (Fsp3) is 0.316. The van der Waals surface area contributed by atoms with E-state index in [4.69, 9.17) is 21.8 Å². The summed E-state index contributed by atoms with van der Waals surface area (Å²) in [7, 11) is 2.13. The number of aromatic nitrogens is 2. The van der Waals surface area contributed by atoms with Crippen molar-refractivity contribution in [3.8, 4) is 10.4 Å². The predicted octanol–water partition coefficient (Wildman–Crippen LogP) is 3.21. The van der Waals surface area contributed by atoms with Crippen LogP contribution in [0.15, 0.2) is 35.1 Å². The van der Waals surface area contributed by atoms with E-state index in [2.05, 4.69) is 26.8 Å². The number of thiazole rings is 1. The Kier molecular flexibility index (Phi) is 5.34. The van der Waals surface area contributed by atoms with Crippen molar-refractivity contribution in [1.29, 1.82) is 0 Å². The zero-order valence-corrected chi connectivity index (χ0v) is 17.0. The normalized spacial score (nSPS) is 15.1. The van der Waals surface area contributed by atoms with Gasteiger partial charge in [0.2, 0.25) is 0 Å². The molecule has 28 heavy (non-hydrogen) atoms. The van der Waals surface area contributed by atoms with Crippen molar-refractivity contribution in [3.63, 3.8) is 0 Å². The molecule has 2 N–H and O–H groups in total. The van der Waals surface area contributed by atoms with Crippen molar-refractivity contribution in [2.45, 2.75) is 6.42 Å². The summed E-state index contributed by atoms with van der Waals surface area (Å²) in [6.07, 6.45) is 3.27. The molecule has 0 spiro atoms. The van der Waals surface area contributed by atoms with Crippen LogP contribution in [0.4, 0.5) is 11.1 Å². The van der Waals surface area contributed by atoms with Gasteiger partial charge in [0.05, 0.1) is 4.88 Å². The van der Waals surface area contributed by atoms with Crippen LogP contribution in [0.2, 0.25) is 5.02 Å². The smallest absolute Gasteiger partial charge is 0.292 e. The van der Waals surface area contributed by atoms with Gasteiger partial charge in [-0.15, -0.1) is 0 Å². The van der Waals surface area contributed by atoms with Gasteiger partial charge in [-0.2, -0.15) is 4.98 Å². The van der Waals surface area contributed by atoms with Crippen LogP contribution in [-0.4, -0.2) is 53.9 Å². The molecule has 4 rings (SSSR count). The summed E-state index contributed by atoms with van der Waals surface area (Å²) in [6.45, 7) is 4.03. The van der Waals surface area contributed by atoms with Gasteiger partial charge >= 0.3 is 0 Å². The van der Waals surface area contributed by atoms with Crippen molar-refractivity contribution >= 4 is 39.9 Å². The Labute approximate surface area is 171 Å². The fourth-order valence-corrected chi connectivity index (χ4v) is 4.23. The second kappa shape index (κ2) is 7.90. The summed E-state index contributed by atoms with van der Waals surface area (Å²) in [5.74, 6) is -0.193. The van der Waals surface area contributed by atoms with Gasteiger partial charge in [0, 0.05) is 43.8 Å². The number of rotatable bonds is 5. The van der Waals surface area contributed by atoms with E-state index >= 15 is 0 Å². The number of benzene rings is 1. The number of hydrogen-bond acceptors (Lipinski definition) is 8. The van der Waals surface area contributed by atoms with Crippen molar-refractivity contribution in [2.75, 3.05) is 43.9 Å². The summed E-state index contributed by atoms with van der Waals surface area (Å²) in [6, 6.07) is 5.67. The first-order valence-electron chi connectivity index (χ1n) is 8.92. The molecule has 0 amide bonds.